The second kappa shape index (κ2) is 7.12. The minimum atomic E-state index is -0.760. The molecule has 102 valence electrons. The van der Waals surface area contributed by atoms with Gasteiger partial charge in [0.2, 0.25) is 0 Å². The highest BCUT2D eigenvalue weighted by atomic mass is 79.9. The quantitative estimate of drug-likeness (QED) is 0.760. The van der Waals surface area contributed by atoms with E-state index in [9.17, 15) is 5.11 Å². The summed E-state index contributed by atoms with van der Waals surface area (Å²) in [6.45, 7) is 5.47. The zero-order chi connectivity index (χ0) is 13.6. The van der Waals surface area contributed by atoms with Gasteiger partial charge in [-0.2, -0.15) is 0 Å². The van der Waals surface area contributed by atoms with E-state index in [1.54, 1.807) is 7.11 Å². The minimum absolute atomic E-state index is 0.585. The maximum Gasteiger partial charge on any atom is 0.119 e. The summed E-state index contributed by atoms with van der Waals surface area (Å²) in [7, 11) is 1.65. The van der Waals surface area contributed by atoms with Crippen LogP contribution in [0.3, 0.4) is 0 Å². The van der Waals surface area contributed by atoms with Gasteiger partial charge in [0.15, 0.2) is 0 Å². The van der Waals surface area contributed by atoms with Crippen LogP contribution >= 0.6 is 15.9 Å². The predicted octanol–water partition coefficient (Wildman–Crippen LogP) is 2.75. The first-order chi connectivity index (χ1) is 8.48. The molecular weight excluding hydrogens is 294 g/mol. The second-order valence-corrected chi connectivity index (χ2v) is 5.66. The minimum Gasteiger partial charge on any atom is -0.497 e. The summed E-state index contributed by atoms with van der Waals surface area (Å²) >= 11 is 3.51. The third-order valence-corrected chi connectivity index (χ3v) is 3.53. The van der Waals surface area contributed by atoms with E-state index in [2.05, 4.69) is 28.2 Å². The fourth-order valence-corrected chi connectivity index (χ4v) is 2.21. The van der Waals surface area contributed by atoms with Crippen molar-refractivity contribution in [2.75, 3.05) is 20.2 Å². The van der Waals surface area contributed by atoms with E-state index in [0.29, 0.717) is 13.0 Å². The smallest absolute Gasteiger partial charge is 0.119 e. The van der Waals surface area contributed by atoms with Crippen LogP contribution in [0.25, 0.3) is 0 Å². The molecule has 4 heteroatoms. The van der Waals surface area contributed by atoms with Crippen LogP contribution < -0.4 is 10.1 Å². The van der Waals surface area contributed by atoms with Crippen molar-refractivity contribution in [3.63, 3.8) is 0 Å². The fraction of sp³-hybridized carbons (Fsp3) is 0.571. The molecule has 2 N–H and O–H groups in total. The maximum absolute atomic E-state index is 10.4. The Hall–Kier alpha value is -0.580. The van der Waals surface area contributed by atoms with E-state index in [4.69, 9.17) is 4.74 Å². The number of ether oxygens (including phenoxy) is 1. The Morgan fingerprint density at radius 2 is 2.17 bits per heavy atom. The molecule has 1 rings (SSSR count). The van der Waals surface area contributed by atoms with Crippen molar-refractivity contribution in [1.29, 1.82) is 0 Å². The van der Waals surface area contributed by atoms with Gasteiger partial charge < -0.3 is 15.2 Å². The van der Waals surface area contributed by atoms with Gasteiger partial charge in [-0.3, -0.25) is 0 Å². The molecule has 18 heavy (non-hydrogen) atoms. The molecule has 0 aromatic heterocycles. The summed E-state index contributed by atoms with van der Waals surface area (Å²) in [5.74, 6) is 0.811. The van der Waals surface area contributed by atoms with E-state index < -0.39 is 5.60 Å². The lowest BCUT2D eigenvalue weighted by Gasteiger charge is -2.24. The molecule has 1 aromatic rings. The van der Waals surface area contributed by atoms with Crippen molar-refractivity contribution in [1.82, 2.24) is 5.32 Å². The molecule has 0 bridgehead atoms. The number of rotatable bonds is 7. The molecule has 0 aliphatic heterocycles. The Morgan fingerprint density at radius 3 is 2.78 bits per heavy atom. The lowest BCUT2D eigenvalue weighted by Crippen LogP contribution is -2.40. The fourth-order valence-electron chi connectivity index (χ4n) is 1.82. The van der Waals surface area contributed by atoms with Crippen LogP contribution in [0, 0.1) is 0 Å². The van der Waals surface area contributed by atoms with E-state index in [1.165, 1.54) is 0 Å². The van der Waals surface area contributed by atoms with Crippen LogP contribution in [0.2, 0.25) is 0 Å². The maximum atomic E-state index is 10.4. The molecule has 0 amide bonds. The van der Waals surface area contributed by atoms with Crippen LogP contribution in [0.5, 0.6) is 5.75 Å². The van der Waals surface area contributed by atoms with E-state index in [1.807, 2.05) is 25.1 Å². The van der Waals surface area contributed by atoms with Gasteiger partial charge in [0.1, 0.15) is 5.75 Å². The zero-order valence-electron chi connectivity index (χ0n) is 11.3. The zero-order valence-corrected chi connectivity index (χ0v) is 12.9. The third kappa shape index (κ3) is 4.96. The molecule has 0 radical (unpaired) electrons. The average molecular weight is 316 g/mol. The highest BCUT2D eigenvalue weighted by molar-refractivity contribution is 9.10. The summed E-state index contributed by atoms with van der Waals surface area (Å²) in [5.41, 5.74) is 0.294. The lowest BCUT2D eigenvalue weighted by atomic mass is 9.96. The van der Waals surface area contributed by atoms with Crippen molar-refractivity contribution in [3.05, 3.63) is 28.2 Å². The number of hydrogen-bond donors (Lipinski definition) is 2. The van der Waals surface area contributed by atoms with Gasteiger partial charge in [-0.15, -0.1) is 0 Å². The molecule has 1 atom stereocenters. The van der Waals surface area contributed by atoms with Crippen LogP contribution in [0.1, 0.15) is 25.8 Å². The Morgan fingerprint density at radius 1 is 1.44 bits per heavy atom. The Kier molecular flexibility index (Phi) is 6.12. The summed E-state index contributed by atoms with van der Waals surface area (Å²) < 4.78 is 6.20. The predicted molar refractivity (Wildman–Crippen MR) is 78.2 cm³/mol. The first kappa shape index (κ1) is 15.5. The van der Waals surface area contributed by atoms with Crippen LogP contribution in [-0.4, -0.2) is 30.9 Å². The number of halogens is 1. The Labute approximate surface area is 118 Å². The first-order valence-corrected chi connectivity index (χ1v) is 7.03. The summed E-state index contributed by atoms with van der Waals surface area (Å²) in [6, 6.07) is 5.81. The van der Waals surface area contributed by atoms with E-state index in [0.717, 1.165) is 28.8 Å². The molecule has 0 aliphatic carbocycles. The van der Waals surface area contributed by atoms with Gasteiger partial charge in [-0.1, -0.05) is 22.9 Å². The lowest BCUT2D eigenvalue weighted by molar-refractivity contribution is 0.0602. The second-order valence-electron chi connectivity index (χ2n) is 4.81. The number of nitrogens with one attached hydrogen (secondary N) is 1. The highest BCUT2D eigenvalue weighted by Crippen LogP contribution is 2.25. The highest BCUT2D eigenvalue weighted by Gasteiger charge is 2.21. The van der Waals surface area contributed by atoms with Crippen molar-refractivity contribution in [3.8, 4) is 5.75 Å². The standard InChI is InChI=1S/C14H22BrNO2/c1-4-7-16-10-14(2,17)9-11-8-12(18-3)5-6-13(11)15/h5-6,8,16-17H,4,7,9-10H2,1-3H3. The first-order valence-electron chi connectivity index (χ1n) is 6.24. The summed E-state index contributed by atoms with van der Waals surface area (Å²) in [4.78, 5) is 0. The average Bonchev–Trinajstić information content (AvgIpc) is 2.32. The monoisotopic (exact) mass is 315 g/mol. The molecule has 3 nitrogen and oxygen atoms in total. The van der Waals surface area contributed by atoms with Gasteiger partial charge in [0.25, 0.3) is 0 Å². The van der Waals surface area contributed by atoms with Crippen molar-refractivity contribution < 1.29 is 9.84 Å². The van der Waals surface area contributed by atoms with Crippen molar-refractivity contribution >= 4 is 15.9 Å². The van der Waals surface area contributed by atoms with Crippen LogP contribution in [-0.2, 0) is 6.42 Å². The number of methoxy groups -OCH3 is 1. The number of benzene rings is 1. The van der Waals surface area contributed by atoms with Gasteiger partial charge in [-0.05, 0) is 43.7 Å². The van der Waals surface area contributed by atoms with Gasteiger partial charge in [0.05, 0.1) is 12.7 Å². The summed E-state index contributed by atoms with van der Waals surface area (Å²) in [5, 5.41) is 13.6. The molecular formula is C14H22BrNO2. The molecule has 1 unspecified atom stereocenters. The molecule has 0 fully saturated rings. The number of hydrogen-bond acceptors (Lipinski definition) is 3. The molecule has 0 saturated heterocycles. The normalized spacial score (nSPS) is 14.3. The van der Waals surface area contributed by atoms with Gasteiger partial charge in [-0.25, -0.2) is 0 Å². The van der Waals surface area contributed by atoms with Crippen LogP contribution in [0.4, 0.5) is 0 Å². The third-order valence-electron chi connectivity index (χ3n) is 2.76. The SMILES string of the molecule is CCCNCC(C)(O)Cc1cc(OC)ccc1Br. The molecule has 1 aromatic carbocycles. The topological polar surface area (TPSA) is 41.5 Å². The van der Waals surface area contributed by atoms with Crippen molar-refractivity contribution in [2.24, 2.45) is 0 Å². The van der Waals surface area contributed by atoms with E-state index >= 15 is 0 Å². The molecule has 0 spiro atoms. The molecule has 0 aliphatic rings. The largest absolute Gasteiger partial charge is 0.497 e. The summed E-state index contributed by atoms with van der Waals surface area (Å²) in [6.07, 6.45) is 1.65. The van der Waals surface area contributed by atoms with Crippen molar-refractivity contribution in [2.45, 2.75) is 32.3 Å². The van der Waals surface area contributed by atoms with Gasteiger partial charge >= 0.3 is 0 Å². The molecule has 0 saturated carbocycles. The number of aliphatic hydroxyl groups is 1. The molecule has 0 heterocycles. The van der Waals surface area contributed by atoms with Gasteiger partial charge in [0, 0.05) is 17.4 Å². The van der Waals surface area contributed by atoms with E-state index in [-0.39, 0.29) is 0 Å². The van der Waals surface area contributed by atoms with Crippen LogP contribution in [0.15, 0.2) is 22.7 Å². The Bertz CT molecular complexity index is 380. The Balaban J connectivity index is 2.70.